The van der Waals surface area contributed by atoms with E-state index in [4.69, 9.17) is 0 Å². The number of aryl methyl sites for hydroxylation is 1. The molecule has 0 spiro atoms. The van der Waals surface area contributed by atoms with Gasteiger partial charge in [0.25, 0.3) is 5.69 Å². The second-order valence-corrected chi connectivity index (χ2v) is 3.16. The second-order valence-electron chi connectivity index (χ2n) is 3.16. The van der Waals surface area contributed by atoms with Crippen LogP contribution in [0.2, 0.25) is 0 Å². The summed E-state index contributed by atoms with van der Waals surface area (Å²) in [7, 11) is 0. The molecule has 1 heterocycles. The number of hydrogen-bond acceptors (Lipinski definition) is 2. The van der Waals surface area contributed by atoms with Crippen molar-refractivity contribution in [2.24, 2.45) is 0 Å². The summed E-state index contributed by atoms with van der Waals surface area (Å²) >= 11 is 0. The van der Waals surface area contributed by atoms with Crippen LogP contribution in [0.15, 0.2) is 24.4 Å². The number of aromatic nitrogens is 1. The van der Waals surface area contributed by atoms with Crippen LogP contribution >= 0.6 is 0 Å². The fraction of sp³-hybridized carbons (Fsp3) is 0.333. The number of benzene rings is 1. The van der Waals surface area contributed by atoms with E-state index in [0.717, 1.165) is 16.5 Å². The Labute approximate surface area is 94.4 Å². The summed E-state index contributed by atoms with van der Waals surface area (Å²) in [4.78, 5) is 13.4. The highest BCUT2D eigenvalue weighted by Crippen LogP contribution is 2.25. The zero-order valence-electron chi connectivity index (χ0n) is 9.78. The van der Waals surface area contributed by atoms with Gasteiger partial charge in [-0.25, -0.2) is 0 Å². The van der Waals surface area contributed by atoms with Gasteiger partial charge >= 0.3 is 0 Å². The molecule has 0 aliphatic rings. The largest absolute Gasteiger partial charge is 0.361 e. The van der Waals surface area contributed by atoms with E-state index in [-0.39, 0.29) is 10.6 Å². The molecule has 0 fully saturated rings. The van der Waals surface area contributed by atoms with Gasteiger partial charge in [-0.1, -0.05) is 20.8 Å². The first-order valence-electron chi connectivity index (χ1n) is 5.46. The molecule has 2 aromatic rings. The fourth-order valence-electron chi connectivity index (χ4n) is 1.59. The van der Waals surface area contributed by atoms with Crippen LogP contribution < -0.4 is 0 Å². The van der Waals surface area contributed by atoms with E-state index in [1.165, 1.54) is 0 Å². The summed E-state index contributed by atoms with van der Waals surface area (Å²) < 4.78 is 0. The van der Waals surface area contributed by atoms with Crippen molar-refractivity contribution < 1.29 is 4.92 Å². The third-order valence-corrected chi connectivity index (χ3v) is 2.33. The number of hydrogen-bond donors (Lipinski definition) is 1. The van der Waals surface area contributed by atoms with E-state index in [2.05, 4.69) is 4.98 Å². The molecule has 0 amide bonds. The molecule has 1 N–H and O–H groups in total. The Hall–Kier alpha value is -1.84. The molecule has 0 aliphatic carbocycles. The van der Waals surface area contributed by atoms with Crippen LogP contribution in [-0.4, -0.2) is 9.91 Å². The van der Waals surface area contributed by atoms with Gasteiger partial charge in [0.2, 0.25) is 0 Å². The van der Waals surface area contributed by atoms with E-state index in [0.29, 0.717) is 6.42 Å². The fourth-order valence-corrected chi connectivity index (χ4v) is 1.59. The number of nitro benzene ring substituents is 1. The van der Waals surface area contributed by atoms with Gasteiger partial charge in [0.15, 0.2) is 0 Å². The van der Waals surface area contributed by atoms with Gasteiger partial charge in [-0.3, -0.25) is 10.1 Å². The first-order valence-corrected chi connectivity index (χ1v) is 5.46. The molecular weight excluding hydrogens is 204 g/mol. The van der Waals surface area contributed by atoms with Crippen molar-refractivity contribution in [2.75, 3.05) is 0 Å². The topological polar surface area (TPSA) is 58.9 Å². The molecule has 0 radical (unpaired) electrons. The van der Waals surface area contributed by atoms with Gasteiger partial charge < -0.3 is 4.98 Å². The van der Waals surface area contributed by atoms with Crippen LogP contribution in [0.1, 0.15) is 26.3 Å². The van der Waals surface area contributed by atoms with Crippen LogP contribution in [0.25, 0.3) is 10.9 Å². The number of rotatable bonds is 2. The lowest BCUT2D eigenvalue weighted by atomic mass is 10.1. The SMILES string of the molecule is CC.CCc1cc2cc[nH]c2cc1[N+](=O)[O-]. The van der Waals surface area contributed by atoms with Crippen LogP contribution in [0.3, 0.4) is 0 Å². The average molecular weight is 220 g/mol. The van der Waals surface area contributed by atoms with E-state index >= 15 is 0 Å². The van der Waals surface area contributed by atoms with Crippen LogP contribution in [0.4, 0.5) is 5.69 Å². The van der Waals surface area contributed by atoms with Crippen molar-refractivity contribution in [2.45, 2.75) is 27.2 Å². The minimum absolute atomic E-state index is 0.197. The Kier molecular flexibility index (Phi) is 4.05. The maximum atomic E-state index is 10.7. The molecule has 1 aromatic heterocycles. The average Bonchev–Trinajstić information content (AvgIpc) is 2.76. The first-order chi connectivity index (χ1) is 7.72. The quantitative estimate of drug-likeness (QED) is 0.620. The van der Waals surface area contributed by atoms with Crippen molar-refractivity contribution in [1.82, 2.24) is 4.98 Å². The molecule has 0 unspecified atom stereocenters. The summed E-state index contributed by atoms with van der Waals surface area (Å²) in [6, 6.07) is 5.37. The smallest absolute Gasteiger partial charge is 0.274 e. The van der Waals surface area contributed by atoms with Crippen molar-refractivity contribution in [1.29, 1.82) is 0 Å². The van der Waals surface area contributed by atoms with Gasteiger partial charge in [0.05, 0.1) is 10.4 Å². The molecule has 0 atom stereocenters. The van der Waals surface area contributed by atoms with Gasteiger partial charge in [0, 0.05) is 23.2 Å². The number of H-pyrrole nitrogens is 1. The zero-order valence-corrected chi connectivity index (χ0v) is 9.78. The van der Waals surface area contributed by atoms with Gasteiger partial charge in [-0.05, 0) is 18.6 Å². The minimum atomic E-state index is -0.334. The van der Waals surface area contributed by atoms with Gasteiger partial charge in [-0.15, -0.1) is 0 Å². The Morgan fingerprint density at radius 3 is 2.62 bits per heavy atom. The van der Waals surface area contributed by atoms with Crippen LogP contribution in [0, 0.1) is 10.1 Å². The normalized spacial score (nSPS) is 9.69. The number of nitrogens with zero attached hydrogens (tertiary/aromatic N) is 1. The van der Waals surface area contributed by atoms with Crippen molar-refractivity contribution in [3.8, 4) is 0 Å². The van der Waals surface area contributed by atoms with Crippen LogP contribution in [0.5, 0.6) is 0 Å². The zero-order chi connectivity index (χ0) is 12.1. The highest BCUT2D eigenvalue weighted by Gasteiger charge is 2.13. The van der Waals surface area contributed by atoms with Crippen molar-refractivity contribution >= 4 is 16.6 Å². The van der Waals surface area contributed by atoms with E-state index < -0.39 is 0 Å². The lowest BCUT2D eigenvalue weighted by molar-refractivity contribution is -0.385. The van der Waals surface area contributed by atoms with Gasteiger partial charge in [-0.2, -0.15) is 0 Å². The lowest BCUT2D eigenvalue weighted by Gasteiger charge is -1.99. The van der Waals surface area contributed by atoms with E-state index in [9.17, 15) is 10.1 Å². The predicted molar refractivity (Wildman–Crippen MR) is 65.7 cm³/mol. The summed E-state index contributed by atoms with van der Waals surface area (Å²) in [5, 5.41) is 11.8. The molecule has 0 saturated carbocycles. The summed E-state index contributed by atoms with van der Waals surface area (Å²) in [5.74, 6) is 0. The third-order valence-electron chi connectivity index (χ3n) is 2.33. The first kappa shape index (κ1) is 12.2. The minimum Gasteiger partial charge on any atom is -0.361 e. The molecular formula is C12H16N2O2. The van der Waals surface area contributed by atoms with E-state index in [1.807, 2.05) is 32.9 Å². The number of nitrogens with one attached hydrogen (secondary N) is 1. The third kappa shape index (κ3) is 2.21. The number of fused-ring (bicyclic) bond motifs is 1. The molecule has 1 aromatic carbocycles. The van der Waals surface area contributed by atoms with Crippen molar-refractivity contribution in [3.05, 3.63) is 40.1 Å². The molecule has 4 nitrogen and oxygen atoms in total. The number of nitro groups is 1. The molecule has 0 bridgehead atoms. The Balaban J connectivity index is 0.000000606. The molecule has 0 saturated heterocycles. The predicted octanol–water partition coefficient (Wildman–Crippen LogP) is 3.66. The Morgan fingerprint density at radius 1 is 1.38 bits per heavy atom. The molecule has 86 valence electrons. The highest BCUT2D eigenvalue weighted by molar-refractivity contribution is 5.83. The second kappa shape index (κ2) is 5.30. The maximum Gasteiger partial charge on any atom is 0.274 e. The number of aromatic amines is 1. The Morgan fingerprint density at radius 2 is 2.06 bits per heavy atom. The molecule has 2 rings (SSSR count). The summed E-state index contributed by atoms with van der Waals surface area (Å²) in [5.41, 5.74) is 1.79. The summed E-state index contributed by atoms with van der Waals surface area (Å²) in [6.45, 7) is 5.92. The standard InChI is InChI=1S/C10H10N2O2.C2H6/c1-2-7-5-8-3-4-11-9(8)6-10(7)12(13)14;1-2/h3-6,11H,2H2,1H3;1-2H3. The van der Waals surface area contributed by atoms with E-state index in [1.54, 1.807) is 12.3 Å². The molecule has 0 aliphatic heterocycles. The molecule has 16 heavy (non-hydrogen) atoms. The van der Waals surface area contributed by atoms with Crippen molar-refractivity contribution in [3.63, 3.8) is 0 Å². The summed E-state index contributed by atoms with van der Waals surface area (Å²) in [6.07, 6.45) is 2.46. The Bertz CT molecular complexity index is 489. The highest BCUT2D eigenvalue weighted by atomic mass is 16.6. The molecule has 4 heteroatoms. The van der Waals surface area contributed by atoms with Crippen LogP contribution in [-0.2, 0) is 6.42 Å². The lowest BCUT2D eigenvalue weighted by Crippen LogP contribution is -1.93. The monoisotopic (exact) mass is 220 g/mol. The van der Waals surface area contributed by atoms with Gasteiger partial charge in [0.1, 0.15) is 0 Å². The maximum absolute atomic E-state index is 10.7.